The number of para-hydroxylation sites is 2. The Bertz CT molecular complexity index is 829. The van der Waals surface area contributed by atoms with Crippen LogP contribution in [-0.4, -0.2) is 72.5 Å². The molecule has 0 atom stereocenters. The minimum Gasteiger partial charge on any atom is -0.492 e. The Kier molecular flexibility index (Phi) is 6.34. The molecule has 8 nitrogen and oxygen atoms in total. The summed E-state index contributed by atoms with van der Waals surface area (Å²) in [6.07, 6.45) is 4.24. The van der Waals surface area contributed by atoms with Crippen LogP contribution in [0.4, 0.5) is 10.5 Å². The summed E-state index contributed by atoms with van der Waals surface area (Å²) < 4.78 is 5.73. The van der Waals surface area contributed by atoms with Crippen LogP contribution in [-0.2, 0) is 9.59 Å². The molecule has 0 bridgehead atoms. The monoisotopic (exact) mass is 428 g/mol. The summed E-state index contributed by atoms with van der Waals surface area (Å²) in [7, 11) is 0. The van der Waals surface area contributed by atoms with E-state index in [1.165, 1.54) is 4.90 Å². The fourth-order valence-electron chi connectivity index (χ4n) is 4.94. The van der Waals surface area contributed by atoms with Gasteiger partial charge in [0, 0.05) is 39.1 Å². The van der Waals surface area contributed by atoms with Crippen molar-refractivity contribution in [2.45, 2.75) is 51.0 Å². The van der Waals surface area contributed by atoms with E-state index in [0.29, 0.717) is 39.1 Å². The van der Waals surface area contributed by atoms with Crippen molar-refractivity contribution in [3.63, 3.8) is 0 Å². The first-order valence-electron chi connectivity index (χ1n) is 11.4. The quantitative estimate of drug-likeness (QED) is 0.675. The molecular formula is C23H32N4O4. The molecule has 2 heterocycles. The van der Waals surface area contributed by atoms with E-state index in [0.717, 1.165) is 50.2 Å². The SMILES string of the molecule is CCOc1ccccc1N1CCN(C(=O)CCCN2C(=O)NC3(CCCC3)C2=O)CC1. The van der Waals surface area contributed by atoms with Crippen molar-refractivity contribution in [3.8, 4) is 5.75 Å². The fourth-order valence-corrected chi connectivity index (χ4v) is 4.94. The second-order valence-corrected chi connectivity index (χ2v) is 8.55. The average molecular weight is 429 g/mol. The number of benzene rings is 1. The zero-order chi connectivity index (χ0) is 21.8. The summed E-state index contributed by atoms with van der Waals surface area (Å²) in [5.41, 5.74) is 0.394. The predicted molar refractivity (Wildman–Crippen MR) is 117 cm³/mol. The highest BCUT2D eigenvalue weighted by Gasteiger charge is 2.52. The first kappa shape index (κ1) is 21.5. The topological polar surface area (TPSA) is 82.2 Å². The third kappa shape index (κ3) is 4.34. The molecule has 2 aliphatic heterocycles. The highest BCUT2D eigenvalue weighted by Crippen LogP contribution is 2.35. The molecule has 0 radical (unpaired) electrons. The van der Waals surface area contributed by atoms with E-state index in [-0.39, 0.29) is 17.8 Å². The van der Waals surface area contributed by atoms with E-state index < -0.39 is 5.54 Å². The van der Waals surface area contributed by atoms with Crippen molar-refractivity contribution in [2.24, 2.45) is 0 Å². The molecule has 168 valence electrons. The number of ether oxygens (including phenoxy) is 1. The number of carbonyl (C=O) groups is 3. The first-order valence-corrected chi connectivity index (χ1v) is 11.4. The number of anilines is 1. The van der Waals surface area contributed by atoms with Crippen LogP contribution >= 0.6 is 0 Å². The van der Waals surface area contributed by atoms with Gasteiger partial charge in [0.15, 0.2) is 0 Å². The van der Waals surface area contributed by atoms with Crippen molar-refractivity contribution in [1.29, 1.82) is 0 Å². The number of hydrogen-bond acceptors (Lipinski definition) is 5. The lowest BCUT2D eigenvalue weighted by Gasteiger charge is -2.36. The van der Waals surface area contributed by atoms with Crippen molar-refractivity contribution in [2.75, 3.05) is 44.2 Å². The molecule has 3 aliphatic rings. The van der Waals surface area contributed by atoms with Crippen LogP contribution in [0.5, 0.6) is 5.75 Å². The molecule has 1 aliphatic carbocycles. The molecule has 1 aromatic rings. The van der Waals surface area contributed by atoms with E-state index >= 15 is 0 Å². The van der Waals surface area contributed by atoms with Gasteiger partial charge in [-0.05, 0) is 38.3 Å². The number of nitrogens with one attached hydrogen (secondary N) is 1. The van der Waals surface area contributed by atoms with Gasteiger partial charge in [-0.2, -0.15) is 0 Å². The van der Waals surface area contributed by atoms with Crippen LogP contribution in [0.1, 0.15) is 45.4 Å². The largest absolute Gasteiger partial charge is 0.492 e. The zero-order valence-corrected chi connectivity index (χ0v) is 18.3. The highest BCUT2D eigenvalue weighted by molar-refractivity contribution is 6.07. The number of nitrogens with zero attached hydrogens (tertiary/aromatic N) is 3. The smallest absolute Gasteiger partial charge is 0.325 e. The molecule has 0 unspecified atom stereocenters. The second-order valence-electron chi connectivity index (χ2n) is 8.55. The fraction of sp³-hybridized carbons (Fsp3) is 0.609. The number of rotatable bonds is 7. The maximum atomic E-state index is 12.7. The number of urea groups is 1. The van der Waals surface area contributed by atoms with Crippen molar-refractivity contribution in [1.82, 2.24) is 15.1 Å². The highest BCUT2D eigenvalue weighted by atomic mass is 16.5. The third-order valence-electron chi connectivity index (χ3n) is 6.61. The molecule has 8 heteroatoms. The van der Waals surface area contributed by atoms with Crippen LogP contribution in [0.2, 0.25) is 0 Å². The van der Waals surface area contributed by atoms with Gasteiger partial charge in [-0.3, -0.25) is 14.5 Å². The Labute approximate surface area is 183 Å². The van der Waals surface area contributed by atoms with Gasteiger partial charge >= 0.3 is 6.03 Å². The summed E-state index contributed by atoms with van der Waals surface area (Å²) in [6.45, 7) is 5.72. The number of amides is 4. The van der Waals surface area contributed by atoms with Gasteiger partial charge in [0.05, 0.1) is 12.3 Å². The Hall–Kier alpha value is -2.77. The third-order valence-corrected chi connectivity index (χ3v) is 6.61. The van der Waals surface area contributed by atoms with Gasteiger partial charge in [-0.15, -0.1) is 0 Å². The lowest BCUT2D eigenvalue weighted by molar-refractivity contribution is -0.133. The van der Waals surface area contributed by atoms with Gasteiger partial charge in [0.25, 0.3) is 5.91 Å². The van der Waals surface area contributed by atoms with Crippen LogP contribution < -0.4 is 15.0 Å². The van der Waals surface area contributed by atoms with Crippen molar-refractivity contribution < 1.29 is 19.1 Å². The van der Waals surface area contributed by atoms with E-state index in [1.54, 1.807) is 0 Å². The summed E-state index contributed by atoms with van der Waals surface area (Å²) in [5.74, 6) is 0.850. The Morgan fingerprint density at radius 1 is 1.10 bits per heavy atom. The molecule has 1 saturated carbocycles. The Balaban J connectivity index is 1.24. The molecular weight excluding hydrogens is 396 g/mol. The molecule has 4 rings (SSSR count). The first-order chi connectivity index (χ1) is 15.0. The van der Waals surface area contributed by atoms with E-state index in [2.05, 4.69) is 16.3 Å². The summed E-state index contributed by atoms with van der Waals surface area (Å²) in [5, 5.41) is 2.89. The zero-order valence-electron chi connectivity index (χ0n) is 18.3. The minimum absolute atomic E-state index is 0.0837. The molecule has 1 N–H and O–H groups in total. The summed E-state index contributed by atoms with van der Waals surface area (Å²) in [4.78, 5) is 43.1. The summed E-state index contributed by atoms with van der Waals surface area (Å²) >= 11 is 0. The van der Waals surface area contributed by atoms with E-state index in [9.17, 15) is 14.4 Å². The number of carbonyl (C=O) groups excluding carboxylic acids is 3. The van der Waals surface area contributed by atoms with E-state index in [4.69, 9.17) is 4.74 Å². The molecule has 0 aromatic heterocycles. The second kappa shape index (κ2) is 9.16. The van der Waals surface area contributed by atoms with Crippen LogP contribution in [0, 0.1) is 0 Å². The molecule has 1 aromatic carbocycles. The number of hydrogen-bond donors (Lipinski definition) is 1. The molecule has 3 fully saturated rings. The van der Waals surface area contributed by atoms with Gasteiger partial charge in [-0.25, -0.2) is 4.79 Å². The van der Waals surface area contributed by atoms with Gasteiger partial charge in [0.1, 0.15) is 11.3 Å². The van der Waals surface area contributed by atoms with Crippen molar-refractivity contribution >= 4 is 23.5 Å². The molecule has 4 amide bonds. The Morgan fingerprint density at radius 3 is 2.52 bits per heavy atom. The normalized spacial score (nSPS) is 20.5. The number of imide groups is 1. The van der Waals surface area contributed by atoms with Gasteiger partial charge < -0.3 is 19.9 Å². The lowest BCUT2D eigenvalue weighted by atomic mass is 9.98. The van der Waals surface area contributed by atoms with Gasteiger partial charge in [0.2, 0.25) is 5.91 Å². The van der Waals surface area contributed by atoms with E-state index in [1.807, 2.05) is 30.0 Å². The summed E-state index contributed by atoms with van der Waals surface area (Å²) in [6, 6.07) is 7.69. The minimum atomic E-state index is -0.671. The molecule has 31 heavy (non-hydrogen) atoms. The van der Waals surface area contributed by atoms with Crippen molar-refractivity contribution in [3.05, 3.63) is 24.3 Å². The molecule has 2 saturated heterocycles. The maximum absolute atomic E-state index is 12.7. The Morgan fingerprint density at radius 2 is 1.81 bits per heavy atom. The van der Waals surface area contributed by atoms with Crippen LogP contribution in [0.3, 0.4) is 0 Å². The van der Waals surface area contributed by atoms with Crippen LogP contribution in [0.15, 0.2) is 24.3 Å². The molecule has 1 spiro atoms. The number of piperazine rings is 1. The predicted octanol–water partition coefficient (Wildman–Crippen LogP) is 2.38. The average Bonchev–Trinajstić information content (AvgIpc) is 3.34. The van der Waals surface area contributed by atoms with Crippen LogP contribution in [0.25, 0.3) is 0 Å². The standard InChI is InChI=1S/C23H32N4O4/c1-2-31-19-9-4-3-8-18(19)25-14-16-26(17-15-25)20(28)10-7-13-27-21(29)23(24-22(27)30)11-5-6-12-23/h3-4,8-9H,2,5-7,10-17H2,1H3,(H,24,30). The lowest BCUT2D eigenvalue weighted by Crippen LogP contribution is -2.49. The van der Waals surface area contributed by atoms with Gasteiger partial charge in [-0.1, -0.05) is 25.0 Å². The maximum Gasteiger partial charge on any atom is 0.325 e.